The van der Waals surface area contributed by atoms with Crippen LogP contribution < -0.4 is 5.32 Å². The normalized spacial score (nSPS) is 17.9. The molecule has 1 fully saturated rings. The number of amides is 1. The zero-order chi connectivity index (χ0) is 15.0. The average molecular weight is 298 g/mol. The molecule has 0 atom stereocenters. The quantitative estimate of drug-likeness (QED) is 0.929. The number of halogens is 3. The van der Waals surface area contributed by atoms with Gasteiger partial charge < -0.3 is 10.2 Å². The lowest BCUT2D eigenvalue weighted by molar-refractivity contribution is -0.141. The van der Waals surface area contributed by atoms with Crippen molar-refractivity contribution in [1.29, 1.82) is 0 Å². The minimum atomic E-state index is -4.35. The molecule has 1 aromatic rings. The molecule has 0 radical (unpaired) electrons. The number of rotatable bonds is 3. The molecule has 1 saturated carbocycles. The first-order chi connectivity index (χ1) is 9.94. The molecule has 1 aliphatic heterocycles. The fraction of sp³-hybridized carbons (Fsp3) is 0.533. The monoisotopic (exact) mass is 298 g/mol. The first-order valence-corrected chi connectivity index (χ1v) is 7.18. The van der Waals surface area contributed by atoms with Crippen molar-refractivity contribution in [3.63, 3.8) is 0 Å². The summed E-state index contributed by atoms with van der Waals surface area (Å²) in [5.41, 5.74) is 2.34. The highest BCUT2D eigenvalue weighted by atomic mass is 19.4. The number of benzene rings is 1. The van der Waals surface area contributed by atoms with Gasteiger partial charge in [-0.05, 0) is 49.4 Å². The van der Waals surface area contributed by atoms with Crippen molar-refractivity contribution >= 4 is 11.6 Å². The maximum atomic E-state index is 12.6. The minimum Gasteiger partial charge on any atom is -0.385 e. The molecule has 3 nitrogen and oxygen atoms in total. The highest BCUT2D eigenvalue weighted by Gasteiger charge is 2.40. The zero-order valence-corrected chi connectivity index (χ0v) is 11.5. The van der Waals surface area contributed by atoms with Gasteiger partial charge >= 0.3 is 6.18 Å². The lowest BCUT2D eigenvalue weighted by Gasteiger charge is -2.25. The van der Waals surface area contributed by atoms with E-state index in [1.807, 2.05) is 0 Å². The second kappa shape index (κ2) is 5.24. The van der Waals surface area contributed by atoms with Crippen molar-refractivity contribution in [3.8, 4) is 0 Å². The molecular formula is C15H17F3N2O. The van der Waals surface area contributed by atoms with Crippen LogP contribution in [0.5, 0.6) is 0 Å². The van der Waals surface area contributed by atoms with Crippen LogP contribution in [0, 0.1) is 0 Å². The molecule has 1 N–H and O–H groups in total. The largest absolute Gasteiger partial charge is 0.406 e. The SMILES string of the molecule is O=C(c1ccc2c(c1)CCCN2)N(CC(F)(F)F)C1CC1. The standard InChI is InChI=1S/C15H17F3N2O/c16-15(17,18)9-20(12-4-5-12)14(21)11-3-6-13-10(8-11)2-1-7-19-13/h3,6,8,12,19H,1-2,4-5,7,9H2. The summed E-state index contributed by atoms with van der Waals surface area (Å²) in [6.45, 7) is -0.269. The van der Waals surface area contributed by atoms with Crippen molar-refractivity contribution in [2.45, 2.75) is 37.9 Å². The van der Waals surface area contributed by atoms with E-state index in [1.54, 1.807) is 18.2 Å². The summed E-state index contributed by atoms with van der Waals surface area (Å²) >= 11 is 0. The number of carbonyl (C=O) groups excluding carboxylic acids is 1. The van der Waals surface area contributed by atoms with Crippen LogP contribution >= 0.6 is 0 Å². The lowest BCUT2D eigenvalue weighted by atomic mass is 10.0. The summed E-state index contributed by atoms with van der Waals surface area (Å²) in [5, 5.41) is 3.23. The maximum absolute atomic E-state index is 12.6. The molecule has 6 heteroatoms. The van der Waals surface area contributed by atoms with Crippen LogP contribution in [0.15, 0.2) is 18.2 Å². The van der Waals surface area contributed by atoms with Gasteiger partial charge in [-0.2, -0.15) is 13.2 Å². The molecule has 21 heavy (non-hydrogen) atoms. The number of alkyl halides is 3. The number of nitrogens with zero attached hydrogens (tertiary/aromatic N) is 1. The van der Waals surface area contributed by atoms with E-state index < -0.39 is 18.6 Å². The summed E-state index contributed by atoms with van der Waals surface area (Å²) in [6.07, 6.45) is -1.21. The third-order valence-corrected chi connectivity index (χ3v) is 3.89. The third kappa shape index (κ3) is 3.31. The van der Waals surface area contributed by atoms with Crippen LogP contribution in [0.3, 0.4) is 0 Å². The van der Waals surface area contributed by atoms with Gasteiger partial charge in [0.1, 0.15) is 6.54 Å². The van der Waals surface area contributed by atoms with Crippen LogP contribution in [0.1, 0.15) is 35.2 Å². The van der Waals surface area contributed by atoms with E-state index in [2.05, 4.69) is 5.32 Å². The first kappa shape index (κ1) is 14.2. The Hall–Kier alpha value is -1.72. The summed E-state index contributed by atoms with van der Waals surface area (Å²) in [7, 11) is 0. The van der Waals surface area contributed by atoms with Gasteiger partial charge in [-0.1, -0.05) is 0 Å². The molecule has 1 aromatic carbocycles. The Morgan fingerprint density at radius 3 is 2.76 bits per heavy atom. The van der Waals surface area contributed by atoms with E-state index in [4.69, 9.17) is 0 Å². The van der Waals surface area contributed by atoms with Crippen molar-refractivity contribution in [2.75, 3.05) is 18.4 Å². The third-order valence-electron chi connectivity index (χ3n) is 3.89. The molecule has 0 saturated heterocycles. The van der Waals surface area contributed by atoms with Crippen LogP contribution in [-0.4, -0.2) is 36.1 Å². The fourth-order valence-electron chi connectivity index (χ4n) is 2.72. The van der Waals surface area contributed by atoms with Gasteiger partial charge in [-0.25, -0.2) is 0 Å². The Balaban J connectivity index is 1.82. The Morgan fingerprint density at radius 1 is 1.33 bits per heavy atom. The van der Waals surface area contributed by atoms with Gasteiger partial charge in [-0.15, -0.1) is 0 Å². The Kier molecular flexibility index (Phi) is 3.55. The topological polar surface area (TPSA) is 32.3 Å². The summed E-state index contributed by atoms with van der Waals surface area (Å²) < 4.78 is 37.9. The molecule has 0 spiro atoms. The molecule has 0 unspecified atom stereocenters. The Bertz CT molecular complexity index is 552. The average Bonchev–Trinajstić information content (AvgIpc) is 3.27. The molecule has 1 aliphatic carbocycles. The molecular weight excluding hydrogens is 281 g/mol. The smallest absolute Gasteiger partial charge is 0.385 e. The Morgan fingerprint density at radius 2 is 2.10 bits per heavy atom. The van der Waals surface area contributed by atoms with E-state index in [0.29, 0.717) is 18.4 Å². The number of aryl methyl sites for hydroxylation is 1. The summed E-state index contributed by atoms with van der Waals surface area (Å²) in [6, 6.07) is 4.88. The van der Waals surface area contributed by atoms with Gasteiger partial charge in [0, 0.05) is 23.8 Å². The van der Waals surface area contributed by atoms with Crippen molar-refractivity contribution < 1.29 is 18.0 Å². The second-order valence-corrected chi connectivity index (χ2v) is 5.68. The number of anilines is 1. The van der Waals surface area contributed by atoms with E-state index >= 15 is 0 Å². The van der Waals surface area contributed by atoms with Crippen molar-refractivity contribution in [2.24, 2.45) is 0 Å². The molecule has 3 rings (SSSR count). The fourth-order valence-corrected chi connectivity index (χ4v) is 2.72. The van der Waals surface area contributed by atoms with Crippen molar-refractivity contribution in [1.82, 2.24) is 4.90 Å². The number of carbonyl (C=O) groups is 1. The van der Waals surface area contributed by atoms with Crippen molar-refractivity contribution in [3.05, 3.63) is 29.3 Å². The van der Waals surface area contributed by atoms with E-state index in [0.717, 1.165) is 35.5 Å². The molecule has 0 aromatic heterocycles. The molecule has 1 amide bonds. The number of fused-ring (bicyclic) bond motifs is 1. The zero-order valence-electron chi connectivity index (χ0n) is 11.5. The number of hydrogen-bond donors (Lipinski definition) is 1. The van der Waals surface area contributed by atoms with Crippen LogP contribution in [-0.2, 0) is 6.42 Å². The Labute approximate surface area is 121 Å². The first-order valence-electron chi connectivity index (χ1n) is 7.18. The van der Waals surface area contributed by atoms with Crippen LogP contribution in [0.4, 0.5) is 18.9 Å². The predicted molar refractivity (Wildman–Crippen MR) is 73.4 cm³/mol. The molecule has 0 bridgehead atoms. The van der Waals surface area contributed by atoms with Crippen LogP contribution in [0.2, 0.25) is 0 Å². The number of hydrogen-bond acceptors (Lipinski definition) is 2. The molecule has 114 valence electrons. The van der Waals surface area contributed by atoms with Gasteiger partial charge in [0.15, 0.2) is 0 Å². The van der Waals surface area contributed by atoms with Crippen LogP contribution in [0.25, 0.3) is 0 Å². The number of nitrogens with one attached hydrogen (secondary N) is 1. The lowest BCUT2D eigenvalue weighted by Crippen LogP contribution is -2.40. The van der Waals surface area contributed by atoms with Gasteiger partial charge in [-0.3, -0.25) is 4.79 Å². The highest BCUT2D eigenvalue weighted by molar-refractivity contribution is 5.95. The van der Waals surface area contributed by atoms with E-state index in [9.17, 15) is 18.0 Å². The summed E-state index contributed by atoms with van der Waals surface area (Å²) in [5.74, 6) is -0.511. The molecule has 1 heterocycles. The summed E-state index contributed by atoms with van der Waals surface area (Å²) in [4.78, 5) is 13.4. The minimum absolute atomic E-state index is 0.256. The van der Waals surface area contributed by atoms with Gasteiger partial charge in [0.05, 0.1) is 0 Å². The van der Waals surface area contributed by atoms with Gasteiger partial charge in [0.2, 0.25) is 0 Å². The highest BCUT2D eigenvalue weighted by Crippen LogP contribution is 2.32. The van der Waals surface area contributed by atoms with E-state index in [-0.39, 0.29) is 6.04 Å². The maximum Gasteiger partial charge on any atom is 0.406 e. The predicted octanol–water partition coefficient (Wildman–Crippen LogP) is 3.21. The van der Waals surface area contributed by atoms with E-state index in [1.165, 1.54) is 0 Å². The molecule has 2 aliphatic rings. The van der Waals surface area contributed by atoms with Gasteiger partial charge in [0.25, 0.3) is 5.91 Å². The second-order valence-electron chi connectivity index (χ2n) is 5.68.